The number of fused-ring (bicyclic) bond motifs is 6. The minimum atomic E-state index is -1.35. The Balaban J connectivity index is 1.26. The Morgan fingerprint density at radius 3 is 2.35 bits per heavy atom. The Hall–Kier alpha value is -4.02. The highest BCUT2D eigenvalue weighted by atomic mass is 19.2. The van der Waals surface area contributed by atoms with E-state index in [1.54, 1.807) is 21.9 Å². The monoisotopic (exact) mass is 670 g/mol. The van der Waals surface area contributed by atoms with Crippen molar-refractivity contribution in [3.05, 3.63) is 65.2 Å². The molecule has 4 amide bonds. The number of likely N-dealkylation sites (tertiary alicyclic amines) is 1. The molecule has 2 aromatic carbocycles. The Labute approximate surface area is 276 Å². The average molecular weight is 671 g/mol. The van der Waals surface area contributed by atoms with E-state index in [9.17, 15) is 38.2 Å². The normalized spacial score (nSPS) is 30.2. The van der Waals surface area contributed by atoms with Gasteiger partial charge in [0.2, 0.25) is 23.6 Å². The van der Waals surface area contributed by atoms with Crippen LogP contribution >= 0.6 is 0 Å². The molecule has 2 aromatic rings. The zero-order valence-electron chi connectivity index (χ0n) is 26.5. The fraction of sp³-hybridized carbons (Fsp3) is 0.515. The van der Waals surface area contributed by atoms with Crippen LogP contribution in [-0.4, -0.2) is 124 Å². The van der Waals surface area contributed by atoms with E-state index in [4.69, 9.17) is 4.74 Å². The molecule has 4 saturated heterocycles. The summed E-state index contributed by atoms with van der Waals surface area (Å²) in [7, 11) is 0. The second-order valence-electron chi connectivity index (χ2n) is 13.0. The van der Waals surface area contributed by atoms with Crippen molar-refractivity contribution in [2.75, 3.05) is 38.0 Å². The maximum absolute atomic E-state index is 14.2. The summed E-state index contributed by atoms with van der Waals surface area (Å²) in [6.45, 7) is 2.68. The first kappa shape index (κ1) is 33.9. The van der Waals surface area contributed by atoms with Gasteiger partial charge in [0.05, 0.1) is 18.6 Å². The lowest BCUT2D eigenvalue weighted by atomic mass is 10.0. The number of nitrogens with one attached hydrogen (secondary N) is 3. The van der Waals surface area contributed by atoms with Crippen molar-refractivity contribution >= 4 is 29.3 Å². The number of hydrogen-bond donors (Lipinski definition) is 5. The van der Waals surface area contributed by atoms with E-state index in [-0.39, 0.29) is 51.0 Å². The number of anilines is 1. The van der Waals surface area contributed by atoms with Gasteiger partial charge in [0.1, 0.15) is 24.4 Å². The maximum atomic E-state index is 14.2. The van der Waals surface area contributed by atoms with Gasteiger partial charge in [-0.15, -0.1) is 0 Å². The molecule has 0 aliphatic carbocycles. The lowest BCUT2D eigenvalue weighted by molar-refractivity contribution is -0.142. The number of aliphatic hydroxyl groups excluding tert-OH is 2. The van der Waals surface area contributed by atoms with Gasteiger partial charge in [0, 0.05) is 64.5 Å². The second kappa shape index (κ2) is 14.2. The quantitative estimate of drug-likeness (QED) is 0.288. The number of carbonyl (C=O) groups is 4. The predicted octanol–water partition coefficient (Wildman–Crippen LogP) is -0.296. The smallest absolute Gasteiger partial charge is 0.240 e. The third kappa shape index (κ3) is 7.50. The van der Waals surface area contributed by atoms with Gasteiger partial charge in [-0.2, -0.15) is 0 Å². The van der Waals surface area contributed by atoms with E-state index >= 15 is 0 Å². The predicted molar refractivity (Wildman–Crippen MR) is 167 cm³/mol. The molecule has 0 unspecified atom stereocenters. The zero-order chi connectivity index (χ0) is 34.1. The number of nitrogens with zero attached hydrogens (tertiary/aromatic N) is 3. The van der Waals surface area contributed by atoms with Crippen LogP contribution in [0.15, 0.2) is 42.5 Å². The van der Waals surface area contributed by atoms with Crippen LogP contribution in [0.3, 0.4) is 0 Å². The fourth-order valence-corrected chi connectivity index (χ4v) is 7.06. The zero-order valence-corrected chi connectivity index (χ0v) is 26.5. The van der Waals surface area contributed by atoms with Crippen LogP contribution in [0.4, 0.5) is 14.5 Å². The van der Waals surface area contributed by atoms with Gasteiger partial charge in [-0.3, -0.25) is 29.0 Å². The van der Waals surface area contributed by atoms with Gasteiger partial charge in [-0.25, -0.2) is 8.78 Å². The molecular weight excluding hydrogens is 630 g/mol. The number of aliphatic hydroxyl groups is 2. The lowest BCUT2D eigenvalue weighted by Gasteiger charge is -2.42. The number of amides is 4. The third-order valence-electron chi connectivity index (χ3n) is 9.51. The number of carbonyl (C=O) groups excluding carboxylic acids is 4. The molecule has 6 bridgehead atoms. The Morgan fingerprint density at radius 1 is 0.917 bits per heavy atom. The van der Waals surface area contributed by atoms with E-state index in [2.05, 4.69) is 16.0 Å². The van der Waals surface area contributed by atoms with Crippen LogP contribution in [0.2, 0.25) is 0 Å². The Bertz CT molecular complexity index is 1550. The summed E-state index contributed by atoms with van der Waals surface area (Å²) in [5.41, 5.74) is 1.98. The van der Waals surface area contributed by atoms with Gasteiger partial charge in [0.25, 0.3) is 0 Å². The molecule has 4 fully saturated rings. The van der Waals surface area contributed by atoms with Crippen molar-refractivity contribution < 1.29 is 42.9 Å². The third-order valence-corrected chi connectivity index (χ3v) is 9.51. The van der Waals surface area contributed by atoms with E-state index in [1.165, 1.54) is 13.0 Å². The molecule has 0 radical (unpaired) electrons. The number of rotatable bonds is 5. The molecule has 0 aromatic heterocycles. The van der Waals surface area contributed by atoms with Gasteiger partial charge in [-0.05, 0) is 41.8 Å². The minimum absolute atomic E-state index is 0.0143. The van der Waals surface area contributed by atoms with Crippen LogP contribution in [0, 0.1) is 11.6 Å². The van der Waals surface area contributed by atoms with E-state index in [0.717, 1.165) is 17.7 Å². The van der Waals surface area contributed by atoms with Crippen molar-refractivity contribution in [1.82, 2.24) is 25.3 Å². The van der Waals surface area contributed by atoms with E-state index in [1.807, 2.05) is 17.0 Å². The molecule has 13 nitrogen and oxygen atoms in total. The first-order valence-corrected chi connectivity index (χ1v) is 16.1. The summed E-state index contributed by atoms with van der Waals surface area (Å²) in [5, 5.41) is 29.8. The van der Waals surface area contributed by atoms with Crippen molar-refractivity contribution in [1.29, 1.82) is 0 Å². The van der Waals surface area contributed by atoms with Gasteiger partial charge >= 0.3 is 0 Å². The van der Waals surface area contributed by atoms with Crippen molar-refractivity contribution in [2.24, 2.45) is 0 Å². The molecule has 48 heavy (non-hydrogen) atoms. The van der Waals surface area contributed by atoms with Crippen LogP contribution in [0.5, 0.6) is 0 Å². The topological polar surface area (TPSA) is 164 Å². The number of hydrogen-bond acceptors (Lipinski definition) is 9. The van der Waals surface area contributed by atoms with Crippen LogP contribution in [0.1, 0.15) is 30.9 Å². The molecule has 7 atom stereocenters. The molecule has 4 aliphatic rings. The van der Waals surface area contributed by atoms with Crippen LogP contribution in [0.25, 0.3) is 0 Å². The molecule has 15 heteroatoms. The molecule has 0 spiro atoms. The first-order valence-electron chi connectivity index (χ1n) is 16.1. The summed E-state index contributed by atoms with van der Waals surface area (Å²) in [6, 6.07) is 8.92. The number of ether oxygens (including phenoxy) is 1. The molecular formula is C33H40F2N6O7. The molecule has 5 N–H and O–H groups in total. The highest BCUT2D eigenvalue weighted by molar-refractivity contribution is 5.88. The minimum Gasteiger partial charge on any atom is -0.388 e. The largest absolute Gasteiger partial charge is 0.388 e. The highest BCUT2D eigenvalue weighted by Crippen LogP contribution is 2.28. The van der Waals surface area contributed by atoms with E-state index in [0.29, 0.717) is 30.8 Å². The second-order valence-corrected chi connectivity index (χ2v) is 13.0. The van der Waals surface area contributed by atoms with Gasteiger partial charge < -0.3 is 35.8 Å². The summed E-state index contributed by atoms with van der Waals surface area (Å²) in [6.07, 6.45) is -4.58. The number of piperazine rings is 1. The molecule has 4 aliphatic heterocycles. The summed E-state index contributed by atoms with van der Waals surface area (Å²) in [5.74, 6) is -3.24. The molecule has 258 valence electrons. The Kier molecular flexibility index (Phi) is 10.0. The van der Waals surface area contributed by atoms with Crippen molar-refractivity contribution in [3.8, 4) is 0 Å². The van der Waals surface area contributed by atoms with Crippen LogP contribution < -0.4 is 16.0 Å². The number of halogens is 2. The van der Waals surface area contributed by atoms with E-state index < -0.39 is 66.0 Å². The average Bonchev–Trinajstić information content (AvgIpc) is 3.56. The first-order chi connectivity index (χ1) is 22.9. The Morgan fingerprint density at radius 2 is 1.62 bits per heavy atom. The standard InChI is InChI=1S/C33H40F2N6O7/c1-18(42)37-21-5-2-19(3-6-21)14-41-16-22-11-25(41)33(47)40-9-8-39(15-20-4-7-23(34)24(35)10-20)26(17-40)32(46)36-13-28-31(45)30(44)27(48-28)12-29(43)38-22/h2-7,10,22,25-28,30-31,44-45H,8-9,11-17H2,1H3,(H,36,46)(H,37,42)(H,38,43)/t22-,25-,26-,27-,28+,30-,31+/m0/s1. The summed E-state index contributed by atoms with van der Waals surface area (Å²) in [4.78, 5) is 57.8. The van der Waals surface area contributed by atoms with Gasteiger partial charge in [-0.1, -0.05) is 18.2 Å². The summed E-state index contributed by atoms with van der Waals surface area (Å²) >= 11 is 0. The highest BCUT2D eigenvalue weighted by Gasteiger charge is 2.46. The fourth-order valence-electron chi connectivity index (χ4n) is 7.06. The van der Waals surface area contributed by atoms with Crippen molar-refractivity contribution in [3.63, 3.8) is 0 Å². The van der Waals surface area contributed by atoms with Gasteiger partial charge in [0.15, 0.2) is 11.6 Å². The maximum Gasteiger partial charge on any atom is 0.240 e. The molecule has 4 heterocycles. The molecule has 0 saturated carbocycles. The van der Waals surface area contributed by atoms with Crippen LogP contribution in [-0.2, 0) is 37.0 Å². The van der Waals surface area contributed by atoms with Crippen molar-refractivity contribution in [2.45, 2.75) is 75.4 Å². The molecule has 6 rings (SSSR count). The SMILES string of the molecule is CC(=O)Nc1ccc(CN2C[C@@H]3C[C@H]2C(=O)N2CCN(Cc4ccc(F)c(F)c4)[C@@H](C2)C(=O)NC[C@H]2O[C@@H](CC(=O)N3)[C@H](O)[C@@H]2O)cc1. The summed E-state index contributed by atoms with van der Waals surface area (Å²) < 4.78 is 33.5. The lowest BCUT2D eigenvalue weighted by Crippen LogP contribution is -2.62. The number of benzene rings is 2.